The zero-order chi connectivity index (χ0) is 14.2. The molecule has 1 saturated carbocycles. The van der Waals surface area contributed by atoms with E-state index < -0.39 is 0 Å². The molecule has 1 aromatic rings. The maximum Gasteiger partial charge on any atom is 0.407 e. The highest BCUT2D eigenvalue weighted by Crippen LogP contribution is 2.26. The zero-order valence-corrected chi connectivity index (χ0v) is 11.6. The van der Waals surface area contributed by atoms with Gasteiger partial charge in [-0.1, -0.05) is 30.3 Å². The molecule has 1 fully saturated rings. The fourth-order valence-electron chi connectivity index (χ4n) is 2.53. The van der Waals surface area contributed by atoms with Gasteiger partial charge in [-0.25, -0.2) is 4.79 Å². The molecule has 0 radical (unpaired) electrons. The highest BCUT2D eigenvalue weighted by molar-refractivity contribution is 5.67. The average Bonchev–Trinajstić information content (AvgIpc) is 2.52. The van der Waals surface area contributed by atoms with Crippen LogP contribution in [0.25, 0.3) is 0 Å². The van der Waals surface area contributed by atoms with Gasteiger partial charge in [0.25, 0.3) is 0 Å². The summed E-state index contributed by atoms with van der Waals surface area (Å²) >= 11 is 0. The van der Waals surface area contributed by atoms with Crippen LogP contribution >= 0.6 is 0 Å². The fourth-order valence-corrected chi connectivity index (χ4v) is 2.53. The molecule has 4 heteroatoms. The summed E-state index contributed by atoms with van der Waals surface area (Å²) in [5.41, 5.74) is 0.981. The van der Waals surface area contributed by atoms with Gasteiger partial charge in [-0.05, 0) is 37.2 Å². The van der Waals surface area contributed by atoms with Crippen LogP contribution in [0.4, 0.5) is 4.79 Å². The number of alkyl carbamates (subject to hydrolysis) is 1. The molecule has 0 saturated heterocycles. The van der Waals surface area contributed by atoms with E-state index in [0.717, 1.165) is 37.5 Å². The quantitative estimate of drug-likeness (QED) is 0.841. The van der Waals surface area contributed by atoms with E-state index in [-0.39, 0.29) is 12.0 Å². The Morgan fingerprint density at radius 1 is 1.20 bits per heavy atom. The van der Waals surface area contributed by atoms with Crippen LogP contribution in [0, 0.1) is 11.8 Å². The van der Waals surface area contributed by atoms with Crippen molar-refractivity contribution in [3.8, 4) is 0 Å². The first-order valence-corrected chi connectivity index (χ1v) is 7.17. The van der Waals surface area contributed by atoms with Crippen LogP contribution in [0.2, 0.25) is 0 Å². The minimum atomic E-state index is -0.369. The number of ether oxygens (including phenoxy) is 1. The molecule has 1 N–H and O–H groups in total. The maximum atomic E-state index is 11.6. The minimum absolute atomic E-state index is 0.219. The Hall–Kier alpha value is -1.84. The predicted octanol–water partition coefficient (Wildman–Crippen LogP) is 2.92. The Morgan fingerprint density at radius 2 is 1.90 bits per heavy atom. The highest BCUT2D eigenvalue weighted by atomic mass is 16.5. The molecule has 0 heterocycles. The molecule has 0 unspecified atom stereocenters. The van der Waals surface area contributed by atoms with Crippen molar-refractivity contribution < 1.29 is 14.3 Å². The van der Waals surface area contributed by atoms with E-state index in [1.165, 1.54) is 0 Å². The molecule has 1 amide bonds. The van der Waals surface area contributed by atoms with Crippen molar-refractivity contribution in [2.75, 3.05) is 6.54 Å². The largest absolute Gasteiger partial charge is 0.445 e. The second-order valence-electron chi connectivity index (χ2n) is 5.36. The van der Waals surface area contributed by atoms with Gasteiger partial charge in [0.2, 0.25) is 0 Å². The standard InChI is InChI=1S/C16H21NO3/c18-11-14-8-6-13(7-9-14)10-17-16(19)20-12-15-4-2-1-3-5-15/h1-5,11,13-14H,6-10,12H2,(H,17,19). The van der Waals surface area contributed by atoms with Crippen molar-refractivity contribution >= 4 is 12.4 Å². The number of hydrogen-bond donors (Lipinski definition) is 1. The number of carbonyl (C=O) groups is 2. The SMILES string of the molecule is O=CC1CCC(CNC(=O)OCc2ccccc2)CC1. The van der Waals surface area contributed by atoms with Crippen molar-refractivity contribution in [2.24, 2.45) is 11.8 Å². The second kappa shape index (κ2) is 7.68. The fraction of sp³-hybridized carbons (Fsp3) is 0.500. The number of hydrogen-bond acceptors (Lipinski definition) is 3. The van der Waals surface area contributed by atoms with Gasteiger partial charge in [-0.2, -0.15) is 0 Å². The molecular weight excluding hydrogens is 254 g/mol. The molecule has 2 rings (SSSR count). The van der Waals surface area contributed by atoms with E-state index >= 15 is 0 Å². The number of nitrogens with one attached hydrogen (secondary N) is 1. The van der Waals surface area contributed by atoms with Crippen molar-refractivity contribution in [1.82, 2.24) is 5.32 Å². The van der Waals surface area contributed by atoms with Gasteiger partial charge in [0.15, 0.2) is 0 Å². The Kier molecular flexibility index (Phi) is 5.59. The van der Waals surface area contributed by atoms with Gasteiger partial charge < -0.3 is 14.8 Å². The predicted molar refractivity (Wildman–Crippen MR) is 76.1 cm³/mol. The van der Waals surface area contributed by atoms with E-state index in [0.29, 0.717) is 19.1 Å². The third-order valence-electron chi connectivity index (χ3n) is 3.83. The molecule has 0 spiro atoms. The summed E-state index contributed by atoms with van der Waals surface area (Å²) in [6, 6.07) is 9.62. The summed E-state index contributed by atoms with van der Waals surface area (Å²) in [4.78, 5) is 22.3. The van der Waals surface area contributed by atoms with Gasteiger partial charge in [-0.3, -0.25) is 0 Å². The van der Waals surface area contributed by atoms with Crippen LogP contribution < -0.4 is 5.32 Å². The normalized spacial score (nSPS) is 22.0. The summed E-state index contributed by atoms with van der Waals surface area (Å²) in [5.74, 6) is 0.687. The van der Waals surface area contributed by atoms with Crippen LogP contribution in [0.1, 0.15) is 31.2 Å². The van der Waals surface area contributed by atoms with Crippen LogP contribution in [0.3, 0.4) is 0 Å². The highest BCUT2D eigenvalue weighted by Gasteiger charge is 2.21. The van der Waals surface area contributed by atoms with Crippen LogP contribution in [0.5, 0.6) is 0 Å². The number of benzene rings is 1. The molecule has 0 bridgehead atoms. The first kappa shape index (κ1) is 14.6. The molecule has 0 atom stereocenters. The van der Waals surface area contributed by atoms with Crippen LogP contribution in [-0.4, -0.2) is 18.9 Å². The lowest BCUT2D eigenvalue weighted by Gasteiger charge is -2.25. The van der Waals surface area contributed by atoms with E-state index in [1.54, 1.807) is 0 Å². The van der Waals surface area contributed by atoms with E-state index in [1.807, 2.05) is 30.3 Å². The van der Waals surface area contributed by atoms with E-state index in [2.05, 4.69) is 5.32 Å². The molecule has 0 aliphatic heterocycles. The monoisotopic (exact) mass is 275 g/mol. The van der Waals surface area contributed by atoms with E-state index in [9.17, 15) is 9.59 Å². The number of rotatable bonds is 5. The lowest BCUT2D eigenvalue weighted by atomic mass is 9.83. The third kappa shape index (κ3) is 4.68. The number of aldehydes is 1. The van der Waals surface area contributed by atoms with Gasteiger partial charge in [0.05, 0.1) is 0 Å². The molecular formula is C16H21NO3. The second-order valence-corrected chi connectivity index (χ2v) is 5.36. The van der Waals surface area contributed by atoms with Crippen molar-refractivity contribution in [3.05, 3.63) is 35.9 Å². The number of amides is 1. The molecule has 1 aliphatic carbocycles. The smallest absolute Gasteiger partial charge is 0.407 e. The Labute approximate surface area is 119 Å². The first-order chi connectivity index (χ1) is 9.78. The van der Waals surface area contributed by atoms with Gasteiger partial charge in [0.1, 0.15) is 12.9 Å². The van der Waals surface area contributed by atoms with E-state index in [4.69, 9.17) is 4.74 Å². The first-order valence-electron chi connectivity index (χ1n) is 7.17. The summed E-state index contributed by atoms with van der Waals surface area (Å²) in [7, 11) is 0. The molecule has 1 aromatic carbocycles. The minimum Gasteiger partial charge on any atom is -0.445 e. The average molecular weight is 275 g/mol. The Bertz CT molecular complexity index is 425. The lowest BCUT2D eigenvalue weighted by Crippen LogP contribution is -2.31. The Balaban J connectivity index is 1.62. The summed E-state index contributed by atoms with van der Waals surface area (Å²) in [6.45, 7) is 0.934. The van der Waals surface area contributed by atoms with Crippen LogP contribution in [-0.2, 0) is 16.1 Å². The van der Waals surface area contributed by atoms with Crippen molar-refractivity contribution in [3.63, 3.8) is 0 Å². The summed E-state index contributed by atoms with van der Waals surface area (Å²) < 4.78 is 5.16. The lowest BCUT2D eigenvalue weighted by molar-refractivity contribution is -0.112. The molecule has 108 valence electrons. The molecule has 1 aliphatic rings. The van der Waals surface area contributed by atoms with Crippen LogP contribution in [0.15, 0.2) is 30.3 Å². The maximum absolute atomic E-state index is 11.6. The van der Waals surface area contributed by atoms with Crippen molar-refractivity contribution in [2.45, 2.75) is 32.3 Å². The van der Waals surface area contributed by atoms with Crippen molar-refractivity contribution in [1.29, 1.82) is 0 Å². The van der Waals surface area contributed by atoms with Gasteiger partial charge >= 0.3 is 6.09 Å². The summed E-state index contributed by atoms with van der Waals surface area (Å²) in [6.07, 6.45) is 4.57. The molecule has 4 nitrogen and oxygen atoms in total. The Morgan fingerprint density at radius 3 is 2.55 bits per heavy atom. The topological polar surface area (TPSA) is 55.4 Å². The number of carbonyl (C=O) groups excluding carboxylic acids is 2. The molecule has 0 aromatic heterocycles. The van der Waals surface area contributed by atoms with Gasteiger partial charge in [0, 0.05) is 12.5 Å². The molecule has 20 heavy (non-hydrogen) atoms. The zero-order valence-electron chi connectivity index (χ0n) is 11.6. The third-order valence-corrected chi connectivity index (χ3v) is 3.83. The summed E-state index contributed by atoms with van der Waals surface area (Å²) in [5, 5.41) is 2.81. The van der Waals surface area contributed by atoms with Gasteiger partial charge in [-0.15, -0.1) is 0 Å².